The largest absolute Gasteiger partial charge is 0.310 e. The zero-order valence-electron chi connectivity index (χ0n) is 33.1. The Kier molecular flexibility index (Phi) is 8.79. The molecular weight excluding hydrogens is 723 g/mol. The minimum atomic E-state index is -0.502. The average molecular weight is 764 g/mol. The average Bonchev–Trinajstić information content (AvgIpc) is 3.64. The summed E-state index contributed by atoms with van der Waals surface area (Å²) in [5, 5.41) is 2.50. The Labute approximate surface area is 352 Å². The van der Waals surface area contributed by atoms with Gasteiger partial charge in [-0.2, -0.15) is 0 Å². The molecule has 0 aromatic heterocycles. The van der Waals surface area contributed by atoms with E-state index in [-0.39, 0.29) is 0 Å². The third-order valence-electron chi connectivity index (χ3n) is 12.3. The molecule has 0 aliphatic heterocycles. The summed E-state index contributed by atoms with van der Waals surface area (Å²) in [6, 6.07) is 91.1. The first-order valence-corrected chi connectivity index (χ1v) is 20.8. The third-order valence-corrected chi connectivity index (χ3v) is 12.3. The van der Waals surface area contributed by atoms with E-state index in [2.05, 4.69) is 254 Å². The molecule has 1 nitrogen and oxygen atoms in total. The number of rotatable bonds is 8. The fourth-order valence-corrected chi connectivity index (χ4v) is 9.59. The van der Waals surface area contributed by atoms with Gasteiger partial charge >= 0.3 is 0 Å². The summed E-state index contributed by atoms with van der Waals surface area (Å²) in [5.41, 5.74) is 17.6. The quantitative estimate of drug-likeness (QED) is 0.149. The van der Waals surface area contributed by atoms with Crippen molar-refractivity contribution in [2.45, 2.75) is 5.41 Å². The first-order valence-electron chi connectivity index (χ1n) is 20.8. The molecule has 0 N–H and O–H groups in total. The van der Waals surface area contributed by atoms with E-state index in [1.54, 1.807) is 0 Å². The van der Waals surface area contributed by atoms with Crippen molar-refractivity contribution in [3.05, 3.63) is 271 Å². The lowest BCUT2D eigenvalue weighted by Crippen LogP contribution is -2.28. The molecule has 0 fully saturated rings. The van der Waals surface area contributed by atoms with Gasteiger partial charge in [-0.25, -0.2) is 0 Å². The molecule has 1 aliphatic carbocycles. The van der Waals surface area contributed by atoms with Crippen LogP contribution in [0.2, 0.25) is 0 Å². The predicted octanol–water partition coefficient (Wildman–Crippen LogP) is 15.7. The van der Waals surface area contributed by atoms with Crippen LogP contribution in [0.25, 0.3) is 55.3 Å². The van der Waals surface area contributed by atoms with Gasteiger partial charge in [-0.3, -0.25) is 0 Å². The van der Waals surface area contributed by atoms with Crippen LogP contribution in [0.5, 0.6) is 0 Å². The molecule has 282 valence electrons. The summed E-state index contributed by atoms with van der Waals surface area (Å²) in [7, 11) is 0. The third kappa shape index (κ3) is 5.94. The van der Waals surface area contributed by atoms with Crippen LogP contribution in [0.4, 0.5) is 17.1 Å². The molecule has 0 spiro atoms. The first kappa shape index (κ1) is 35.4. The van der Waals surface area contributed by atoms with Crippen LogP contribution < -0.4 is 4.90 Å². The molecule has 10 aromatic carbocycles. The molecule has 0 atom stereocenters. The molecule has 0 saturated carbocycles. The fourth-order valence-electron chi connectivity index (χ4n) is 9.59. The van der Waals surface area contributed by atoms with E-state index in [1.165, 1.54) is 72.0 Å². The van der Waals surface area contributed by atoms with Crippen molar-refractivity contribution < 1.29 is 0 Å². The lowest BCUT2D eigenvalue weighted by atomic mass is 9.68. The van der Waals surface area contributed by atoms with Crippen molar-refractivity contribution >= 4 is 27.8 Å². The molecular formula is C59H41N. The molecule has 10 aromatic rings. The summed E-state index contributed by atoms with van der Waals surface area (Å²) in [5.74, 6) is 0. The molecule has 0 radical (unpaired) electrons. The van der Waals surface area contributed by atoms with Gasteiger partial charge in [0.1, 0.15) is 0 Å². The van der Waals surface area contributed by atoms with Crippen LogP contribution in [0.1, 0.15) is 22.3 Å². The SMILES string of the molecule is c1ccc(-c2ccc(N(c3cccc(-c4cccc(-c5ccc6ccccc6c5)c4)c3)c3cccc4c3-c3ccccc3C4(c3ccccc3)c3ccccc3)cc2)cc1. The number of nitrogens with zero attached hydrogens (tertiary/aromatic N) is 1. The van der Waals surface area contributed by atoms with E-state index >= 15 is 0 Å². The van der Waals surface area contributed by atoms with Crippen LogP contribution >= 0.6 is 0 Å². The maximum atomic E-state index is 2.47. The number of fused-ring (bicyclic) bond motifs is 4. The topological polar surface area (TPSA) is 3.24 Å². The Hall–Kier alpha value is -7.74. The molecule has 0 amide bonds. The van der Waals surface area contributed by atoms with Gasteiger partial charge in [-0.15, -0.1) is 0 Å². The van der Waals surface area contributed by atoms with Gasteiger partial charge in [0, 0.05) is 16.9 Å². The Morgan fingerprint density at radius 2 is 0.783 bits per heavy atom. The van der Waals surface area contributed by atoms with E-state index in [0.717, 1.165) is 22.6 Å². The summed E-state index contributed by atoms with van der Waals surface area (Å²) >= 11 is 0. The second kappa shape index (κ2) is 14.9. The van der Waals surface area contributed by atoms with Crippen LogP contribution in [-0.2, 0) is 5.41 Å². The van der Waals surface area contributed by atoms with E-state index in [4.69, 9.17) is 0 Å². The van der Waals surface area contributed by atoms with Crippen LogP contribution in [0.15, 0.2) is 249 Å². The highest BCUT2D eigenvalue weighted by Gasteiger charge is 2.47. The normalized spacial score (nSPS) is 12.5. The van der Waals surface area contributed by atoms with Crippen molar-refractivity contribution in [2.75, 3.05) is 4.90 Å². The minimum Gasteiger partial charge on any atom is -0.310 e. The molecule has 1 heteroatoms. The predicted molar refractivity (Wildman–Crippen MR) is 252 cm³/mol. The summed E-state index contributed by atoms with van der Waals surface area (Å²) in [6.45, 7) is 0. The maximum absolute atomic E-state index is 2.47. The van der Waals surface area contributed by atoms with Gasteiger partial charge in [0.15, 0.2) is 0 Å². The highest BCUT2D eigenvalue weighted by molar-refractivity contribution is 5.98. The molecule has 0 unspecified atom stereocenters. The van der Waals surface area contributed by atoms with Gasteiger partial charge in [0.2, 0.25) is 0 Å². The van der Waals surface area contributed by atoms with Crippen molar-refractivity contribution in [1.82, 2.24) is 0 Å². The molecule has 0 bridgehead atoms. The van der Waals surface area contributed by atoms with E-state index in [1.807, 2.05) is 0 Å². The van der Waals surface area contributed by atoms with Gasteiger partial charge in [-0.1, -0.05) is 206 Å². The smallest absolute Gasteiger partial charge is 0.0714 e. The van der Waals surface area contributed by atoms with Crippen molar-refractivity contribution in [3.63, 3.8) is 0 Å². The molecule has 60 heavy (non-hydrogen) atoms. The number of benzene rings is 10. The van der Waals surface area contributed by atoms with Crippen LogP contribution in [0.3, 0.4) is 0 Å². The van der Waals surface area contributed by atoms with Gasteiger partial charge in [0.05, 0.1) is 11.1 Å². The van der Waals surface area contributed by atoms with Crippen LogP contribution in [-0.4, -0.2) is 0 Å². The van der Waals surface area contributed by atoms with Gasteiger partial charge in [-0.05, 0) is 114 Å². The zero-order valence-corrected chi connectivity index (χ0v) is 33.1. The Morgan fingerprint density at radius 3 is 1.50 bits per heavy atom. The summed E-state index contributed by atoms with van der Waals surface area (Å²) < 4.78 is 0. The van der Waals surface area contributed by atoms with Gasteiger partial charge < -0.3 is 4.90 Å². The number of hydrogen-bond acceptors (Lipinski definition) is 1. The van der Waals surface area contributed by atoms with E-state index < -0.39 is 5.41 Å². The minimum absolute atomic E-state index is 0.502. The molecule has 1 aliphatic rings. The van der Waals surface area contributed by atoms with Gasteiger partial charge in [0.25, 0.3) is 0 Å². The second-order valence-corrected chi connectivity index (χ2v) is 15.7. The molecule has 0 saturated heterocycles. The Morgan fingerprint density at radius 1 is 0.283 bits per heavy atom. The zero-order chi connectivity index (χ0) is 39.9. The van der Waals surface area contributed by atoms with Crippen molar-refractivity contribution in [2.24, 2.45) is 0 Å². The summed E-state index contributed by atoms with van der Waals surface area (Å²) in [4.78, 5) is 2.47. The first-order chi connectivity index (χ1) is 29.8. The van der Waals surface area contributed by atoms with E-state index in [9.17, 15) is 0 Å². The molecule has 11 rings (SSSR count). The standard InChI is InChI=1S/C59H41N/c1-4-17-42(18-5-1)44-35-37-52(38-36-44)60(53-28-15-23-48(41-53)46-21-14-22-47(40-46)49-34-33-43-19-10-11-20-45(43)39-49)57-32-16-31-56-58(57)54-29-12-13-30-55(54)59(56,50-24-6-2-7-25-50)51-26-8-3-9-27-51/h1-41H. The Balaban J connectivity index is 1.11. The van der Waals surface area contributed by atoms with Crippen molar-refractivity contribution in [1.29, 1.82) is 0 Å². The lowest BCUT2D eigenvalue weighted by molar-refractivity contribution is 0.768. The fraction of sp³-hybridized carbons (Fsp3) is 0.0169. The van der Waals surface area contributed by atoms with Crippen LogP contribution in [0, 0.1) is 0 Å². The second-order valence-electron chi connectivity index (χ2n) is 15.7. The number of hydrogen-bond donors (Lipinski definition) is 0. The Bertz CT molecular complexity index is 3090. The maximum Gasteiger partial charge on any atom is 0.0714 e. The lowest BCUT2D eigenvalue weighted by Gasteiger charge is -2.34. The monoisotopic (exact) mass is 763 g/mol. The highest BCUT2D eigenvalue weighted by atomic mass is 15.1. The molecule has 0 heterocycles. The van der Waals surface area contributed by atoms with E-state index in [0.29, 0.717) is 0 Å². The number of anilines is 3. The van der Waals surface area contributed by atoms with Crippen molar-refractivity contribution in [3.8, 4) is 44.5 Å². The summed E-state index contributed by atoms with van der Waals surface area (Å²) in [6.07, 6.45) is 0. The highest BCUT2D eigenvalue weighted by Crippen LogP contribution is 2.59.